The predicted octanol–water partition coefficient (Wildman–Crippen LogP) is 5.89. The smallest absolute Gasteiger partial charge is 0.227 e. The number of thiophene rings is 1. The van der Waals surface area contributed by atoms with Crippen molar-refractivity contribution >= 4 is 34.7 Å². The van der Waals surface area contributed by atoms with Crippen molar-refractivity contribution in [1.29, 1.82) is 5.26 Å². The van der Waals surface area contributed by atoms with Crippen molar-refractivity contribution in [3.8, 4) is 39.3 Å². The normalized spacial score (nSPS) is 13.5. The van der Waals surface area contributed by atoms with Crippen LogP contribution in [0.1, 0.15) is 12.0 Å². The molecule has 2 aromatic heterocycles. The van der Waals surface area contributed by atoms with Gasteiger partial charge in [-0.05, 0) is 48.6 Å². The molecule has 0 atom stereocenters. The van der Waals surface area contributed by atoms with Crippen molar-refractivity contribution in [1.82, 2.24) is 20.2 Å². The Hall–Kier alpha value is -3.62. The van der Waals surface area contributed by atoms with E-state index in [1.165, 1.54) is 0 Å². The molecule has 3 heterocycles. The van der Waals surface area contributed by atoms with Crippen LogP contribution in [-0.4, -0.2) is 67.6 Å². The summed E-state index contributed by atoms with van der Waals surface area (Å²) in [6.07, 6.45) is 4.71. The molecule has 1 aliphatic rings. The van der Waals surface area contributed by atoms with Crippen LogP contribution in [0.4, 0.5) is 11.6 Å². The molecule has 0 saturated carbocycles. The first-order valence-electron chi connectivity index (χ1n) is 13.2. The lowest BCUT2D eigenvalue weighted by Gasteiger charge is -2.26. The van der Waals surface area contributed by atoms with Crippen molar-refractivity contribution in [2.45, 2.75) is 10.6 Å². The third kappa shape index (κ3) is 6.74. The molecule has 2 N–H and O–H groups in total. The van der Waals surface area contributed by atoms with Gasteiger partial charge in [0.2, 0.25) is 5.95 Å². The van der Waals surface area contributed by atoms with E-state index in [1.54, 1.807) is 36.4 Å². The van der Waals surface area contributed by atoms with Crippen LogP contribution in [0.3, 0.4) is 0 Å². The maximum Gasteiger partial charge on any atom is 0.227 e. The minimum atomic E-state index is 0.475. The van der Waals surface area contributed by atoms with Crippen molar-refractivity contribution in [2.75, 3.05) is 58.0 Å². The number of anilines is 2. The van der Waals surface area contributed by atoms with Crippen molar-refractivity contribution in [3.05, 3.63) is 66.4 Å². The van der Waals surface area contributed by atoms with E-state index in [0.29, 0.717) is 18.1 Å². The standard InChI is InChI=1S/C30H32N6O2S2/c1-37-23-8-3-6-21(18-23)27-25(20-31)29(39-2)40-28(27)26-10-11-33-30(35-26)34-22-7-4-9-24(19-22)38-17-5-14-36-15-12-32-13-16-36/h3-4,6-11,18-19,32H,5,12-17H2,1-2H3,(H,33,34,35). The Morgan fingerprint density at radius 1 is 1.12 bits per heavy atom. The average molecular weight is 573 g/mol. The summed E-state index contributed by atoms with van der Waals surface area (Å²) in [4.78, 5) is 12.7. The number of methoxy groups -OCH3 is 1. The van der Waals surface area contributed by atoms with Gasteiger partial charge in [-0.1, -0.05) is 18.2 Å². The predicted molar refractivity (Wildman–Crippen MR) is 163 cm³/mol. The molecule has 1 fully saturated rings. The van der Waals surface area contributed by atoms with Gasteiger partial charge in [0.25, 0.3) is 0 Å². The van der Waals surface area contributed by atoms with Gasteiger partial charge in [0.1, 0.15) is 17.6 Å². The number of benzene rings is 2. The van der Waals surface area contributed by atoms with Gasteiger partial charge < -0.3 is 25.0 Å². The molecule has 8 nitrogen and oxygen atoms in total. The minimum Gasteiger partial charge on any atom is -0.497 e. The van der Waals surface area contributed by atoms with Gasteiger partial charge in [0.05, 0.1) is 34.1 Å². The minimum absolute atomic E-state index is 0.475. The number of nitriles is 1. The summed E-state index contributed by atoms with van der Waals surface area (Å²) >= 11 is 3.13. The van der Waals surface area contributed by atoms with E-state index in [2.05, 4.69) is 26.6 Å². The molecule has 0 unspecified atom stereocenters. The molecule has 0 amide bonds. The molecule has 4 aromatic rings. The quantitative estimate of drug-likeness (QED) is 0.168. The summed E-state index contributed by atoms with van der Waals surface area (Å²) < 4.78 is 12.4. The number of ether oxygens (including phenoxy) is 2. The molecule has 40 heavy (non-hydrogen) atoms. The number of hydrogen-bond donors (Lipinski definition) is 2. The lowest BCUT2D eigenvalue weighted by atomic mass is 10.0. The first-order valence-corrected chi connectivity index (χ1v) is 15.2. The molecule has 0 aliphatic carbocycles. The molecule has 2 aromatic carbocycles. The number of aromatic nitrogens is 2. The van der Waals surface area contributed by atoms with Crippen LogP contribution in [0.25, 0.3) is 21.7 Å². The van der Waals surface area contributed by atoms with Crippen LogP contribution in [0, 0.1) is 11.3 Å². The number of piperazine rings is 1. The Kier molecular flexibility index (Phi) is 9.52. The highest BCUT2D eigenvalue weighted by Crippen LogP contribution is 2.46. The second-order valence-corrected chi connectivity index (χ2v) is 11.3. The molecule has 5 rings (SSSR count). The van der Waals surface area contributed by atoms with Crippen LogP contribution in [0.2, 0.25) is 0 Å². The zero-order valence-electron chi connectivity index (χ0n) is 22.6. The van der Waals surface area contributed by atoms with Gasteiger partial charge in [-0.25, -0.2) is 9.97 Å². The summed E-state index contributed by atoms with van der Waals surface area (Å²) in [7, 11) is 1.64. The lowest BCUT2D eigenvalue weighted by molar-refractivity contribution is 0.214. The van der Waals surface area contributed by atoms with Gasteiger partial charge in [0.15, 0.2) is 0 Å². The second-order valence-electron chi connectivity index (χ2n) is 9.23. The number of hydrogen-bond acceptors (Lipinski definition) is 10. The average Bonchev–Trinajstić information content (AvgIpc) is 3.39. The first-order chi connectivity index (χ1) is 19.7. The third-order valence-corrected chi connectivity index (χ3v) is 8.94. The summed E-state index contributed by atoms with van der Waals surface area (Å²) in [6, 6.07) is 19.9. The molecule has 10 heteroatoms. The molecule has 0 radical (unpaired) electrons. The van der Waals surface area contributed by atoms with Gasteiger partial charge >= 0.3 is 0 Å². The highest BCUT2D eigenvalue weighted by molar-refractivity contribution is 8.00. The number of nitrogens with one attached hydrogen (secondary N) is 2. The summed E-state index contributed by atoms with van der Waals surface area (Å²) in [5.74, 6) is 2.02. The molecule has 206 valence electrons. The SMILES string of the molecule is COc1cccc(-c2c(-c3ccnc(Nc4cccc(OCCCN5CCNCC5)c4)n3)sc(SC)c2C#N)c1. The monoisotopic (exact) mass is 572 g/mol. The van der Waals surface area contributed by atoms with Crippen LogP contribution in [0.15, 0.2) is 65.0 Å². The highest BCUT2D eigenvalue weighted by Gasteiger charge is 2.22. The molecule has 0 bridgehead atoms. The lowest BCUT2D eigenvalue weighted by Crippen LogP contribution is -2.43. The molecular weight excluding hydrogens is 541 g/mol. The zero-order valence-corrected chi connectivity index (χ0v) is 24.3. The number of rotatable bonds is 11. The van der Waals surface area contributed by atoms with Crippen molar-refractivity contribution in [2.24, 2.45) is 0 Å². The second kappa shape index (κ2) is 13.6. The summed E-state index contributed by atoms with van der Waals surface area (Å²) in [5, 5.41) is 16.8. The highest BCUT2D eigenvalue weighted by atomic mass is 32.2. The Bertz CT molecular complexity index is 1480. The van der Waals surface area contributed by atoms with E-state index in [-0.39, 0.29) is 0 Å². The Balaban J connectivity index is 1.33. The van der Waals surface area contributed by atoms with Crippen molar-refractivity contribution < 1.29 is 9.47 Å². The molecule has 1 saturated heterocycles. The fraction of sp³-hybridized carbons (Fsp3) is 0.300. The molecule has 1 aliphatic heterocycles. The van der Waals surface area contributed by atoms with E-state index in [1.807, 2.05) is 60.9 Å². The Morgan fingerprint density at radius 2 is 1.95 bits per heavy atom. The number of thioether (sulfide) groups is 1. The fourth-order valence-corrected chi connectivity index (χ4v) is 6.55. The van der Waals surface area contributed by atoms with Gasteiger partial charge in [-0.2, -0.15) is 5.26 Å². The largest absolute Gasteiger partial charge is 0.497 e. The van der Waals surface area contributed by atoms with E-state index in [4.69, 9.17) is 14.5 Å². The summed E-state index contributed by atoms with van der Waals surface area (Å²) in [5.41, 5.74) is 4.01. The zero-order chi connectivity index (χ0) is 27.7. The molecular formula is C30H32N6O2S2. The van der Waals surface area contributed by atoms with Crippen LogP contribution in [0.5, 0.6) is 11.5 Å². The van der Waals surface area contributed by atoms with Gasteiger partial charge in [0, 0.05) is 56.2 Å². The maximum atomic E-state index is 10.0. The molecule has 0 spiro atoms. The number of nitrogens with zero attached hydrogens (tertiary/aromatic N) is 4. The van der Waals surface area contributed by atoms with Gasteiger partial charge in [-0.3, -0.25) is 0 Å². The first kappa shape index (κ1) is 27.9. The third-order valence-electron chi connectivity index (χ3n) is 6.61. The van der Waals surface area contributed by atoms with Crippen LogP contribution >= 0.6 is 23.1 Å². The summed E-state index contributed by atoms with van der Waals surface area (Å²) in [6.45, 7) is 6.04. The van der Waals surface area contributed by atoms with Crippen molar-refractivity contribution in [3.63, 3.8) is 0 Å². The topological polar surface area (TPSA) is 95.3 Å². The van der Waals surface area contributed by atoms with E-state index in [9.17, 15) is 5.26 Å². The van der Waals surface area contributed by atoms with Crippen LogP contribution < -0.4 is 20.1 Å². The Morgan fingerprint density at radius 3 is 2.75 bits per heavy atom. The van der Waals surface area contributed by atoms with E-state index >= 15 is 0 Å². The van der Waals surface area contributed by atoms with Crippen LogP contribution in [-0.2, 0) is 0 Å². The van der Waals surface area contributed by atoms with E-state index < -0.39 is 0 Å². The Labute approximate surface area is 243 Å². The maximum absolute atomic E-state index is 10.0. The fourth-order valence-electron chi connectivity index (χ4n) is 4.64. The van der Waals surface area contributed by atoms with E-state index in [0.717, 1.165) is 82.2 Å². The van der Waals surface area contributed by atoms with Gasteiger partial charge in [-0.15, -0.1) is 23.1 Å².